The number of carboxylic acid groups (broad SMARTS) is 1. The van der Waals surface area contributed by atoms with Crippen molar-refractivity contribution in [1.29, 1.82) is 0 Å². The molecule has 2 amide bonds. The fourth-order valence-corrected chi connectivity index (χ4v) is 3.23. The Kier molecular flexibility index (Phi) is 6.60. The Hall–Kier alpha value is -1.87. The Morgan fingerprint density at radius 2 is 1.89 bits per heavy atom. The summed E-state index contributed by atoms with van der Waals surface area (Å²) in [5, 5.41) is 14.1. The van der Waals surface area contributed by atoms with Gasteiger partial charge in [-0.25, -0.2) is 0 Å². The molecular formula is C19H22N3NaO5. The third-order valence-electron chi connectivity index (χ3n) is 4.66. The van der Waals surface area contributed by atoms with Crippen LogP contribution in [-0.4, -0.2) is 35.5 Å². The summed E-state index contributed by atoms with van der Waals surface area (Å²) in [5.41, 5.74) is 5.75. The van der Waals surface area contributed by atoms with Gasteiger partial charge in [-0.1, -0.05) is 51.1 Å². The molecule has 3 rings (SSSR count). The number of β-lactam (4-membered cyclic amide) rings is 1. The van der Waals surface area contributed by atoms with E-state index in [4.69, 9.17) is 10.5 Å². The van der Waals surface area contributed by atoms with Gasteiger partial charge in [-0.15, -0.1) is 0 Å². The van der Waals surface area contributed by atoms with Gasteiger partial charge in [0.1, 0.15) is 23.4 Å². The third kappa shape index (κ3) is 3.96. The Bertz CT molecular complexity index is 819. The predicted molar refractivity (Wildman–Crippen MR) is 93.1 cm³/mol. The third-order valence-corrected chi connectivity index (χ3v) is 4.66. The van der Waals surface area contributed by atoms with E-state index in [2.05, 4.69) is 5.32 Å². The number of rotatable bonds is 5. The summed E-state index contributed by atoms with van der Waals surface area (Å²) in [6.45, 7) is 5.38. The number of ether oxygens (including phenoxy) is 1. The number of fused-ring (bicyclic) bond motifs is 1. The first-order chi connectivity index (χ1) is 12.6. The van der Waals surface area contributed by atoms with Crippen LogP contribution in [0.1, 0.15) is 32.4 Å². The SMILES string of the molecule is CC(C)(C)C1=C(C(=O)[O-])N2C(=O)[C@H](CNC(=O)[C@H](N)c3ccccc3)[C@H]2O1.[Na+]. The summed E-state index contributed by atoms with van der Waals surface area (Å²) in [5.74, 6) is -2.77. The maximum Gasteiger partial charge on any atom is 1.00 e. The summed E-state index contributed by atoms with van der Waals surface area (Å²) >= 11 is 0. The Balaban J connectivity index is 0.00000280. The fraction of sp³-hybridized carbons (Fsp3) is 0.421. The maximum absolute atomic E-state index is 12.4. The average molecular weight is 395 g/mol. The number of hydrogen-bond acceptors (Lipinski definition) is 6. The number of nitrogens with one attached hydrogen (secondary N) is 1. The number of carbonyl (C=O) groups excluding carboxylic acids is 3. The second kappa shape index (κ2) is 8.24. The molecule has 0 radical (unpaired) electrons. The van der Waals surface area contributed by atoms with Crippen LogP contribution in [0.2, 0.25) is 0 Å². The molecule has 9 heteroatoms. The molecule has 2 aliphatic heterocycles. The van der Waals surface area contributed by atoms with E-state index < -0.39 is 41.4 Å². The number of amides is 2. The van der Waals surface area contributed by atoms with Crippen molar-refractivity contribution in [1.82, 2.24) is 10.2 Å². The molecule has 1 aromatic rings. The van der Waals surface area contributed by atoms with Crippen LogP contribution in [0.4, 0.5) is 0 Å². The number of carbonyl (C=O) groups is 3. The molecule has 2 aliphatic rings. The van der Waals surface area contributed by atoms with E-state index in [1.54, 1.807) is 45.0 Å². The molecule has 28 heavy (non-hydrogen) atoms. The topological polar surface area (TPSA) is 125 Å². The number of benzene rings is 1. The number of aliphatic carboxylic acids is 1. The molecule has 0 bridgehead atoms. The first-order valence-electron chi connectivity index (χ1n) is 8.67. The summed E-state index contributed by atoms with van der Waals surface area (Å²) in [4.78, 5) is 37.3. The van der Waals surface area contributed by atoms with Crippen LogP contribution in [0.5, 0.6) is 0 Å². The van der Waals surface area contributed by atoms with Crippen LogP contribution in [0.25, 0.3) is 0 Å². The molecule has 0 aliphatic carbocycles. The predicted octanol–water partition coefficient (Wildman–Crippen LogP) is -3.37. The van der Waals surface area contributed by atoms with Crippen LogP contribution >= 0.6 is 0 Å². The van der Waals surface area contributed by atoms with Crippen molar-refractivity contribution in [3.05, 3.63) is 47.4 Å². The van der Waals surface area contributed by atoms with E-state index in [0.717, 1.165) is 4.90 Å². The monoisotopic (exact) mass is 395 g/mol. The molecule has 0 aromatic heterocycles. The second-order valence-corrected chi connectivity index (χ2v) is 7.67. The summed E-state index contributed by atoms with van der Waals surface area (Å²) in [7, 11) is 0. The number of nitrogens with two attached hydrogens (primary N) is 1. The van der Waals surface area contributed by atoms with Crippen LogP contribution < -0.4 is 45.7 Å². The Morgan fingerprint density at radius 3 is 2.43 bits per heavy atom. The molecule has 0 unspecified atom stereocenters. The van der Waals surface area contributed by atoms with Crippen LogP contribution in [0.3, 0.4) is 0 Å². The molecule has 0 saturated carbocycles. The second-order valence-electron chi connectivity index (χ2n) is 7.67. The zero-order chi connectivity index (χ0) is 19.9. The molecule has 1 fully saturated rings. The van der Waals surface area contributed by atoms with Gasteiger partial charge in [-0.05, 0) is 5.56 Å². The molecule has 0 spiro atoms. The number of carboxylic acids is 1. The van der Waals surface area contributed by atoms with Crippen molar-refractivity contribution in [2.24, 2.45) is 17.1 Å². The van der Waals surface area contributed by atoms with Gasteiger partial charge in [0.25, 0.3) is 0 Å². The number of nitrogens with zero attached hydrogens (tertiary/aromatic N) is 1. The zero-order valence-electron chi connectivity index (χ0n) is 16.4. The molecule has 3 atom stereocenters. The van der Waals surface area contributed by atoms with Gasteiger partial charge in [0.2, 0.25) is 11.8 Å². The van der Waals surface area contributed by atoms with Crippen molar-refractivity contribution in [2.75, 3.05) is 6.54 Å². The molecule has 3 N–H and O–H groups in total. The van der Waals surface area contributed by atoms with Crippen molar-refractivity contribution in [2.45, 2.75) is 33.0 Å². The van der Waals surface area contributed by atoms with Gasteiger partial charge >= 0.3 is 29.6 Å². The molecule has 2 heterocycles. The molecule has 8 nitrogen and oxygen atoms in total. The minimum Gasteiger partial charge on any atom is -0.543 e. The zero-order valence-corrected chi connectivity index (χ0v) is 18.4. The molecular weight excluding hydrogens is 373 g/mol. The average Bonchev–Trinajstić information content (AvgIpc) is 2.98. The van der Waals surface area contributed by atoms with Crippen molar-refractivity contribution < 1.29 is 53.8 Å². The van der Waals surface area contributed by atoms with Crippen molar-refractivity contribution in [3.63, 3.8) is 0 Å². The van der Waals surface area contributed by atoms with E-state index >= 15 is 0 Å². The van der Waals surface area contributed by atoms with E-state index in [1.165, 1.54) is 0 Å². The standard InChI is InChI=1S/C19H23N3O5.Na/c1-19(2,3)14-13(18(25)26)22-16(24)11(17(22)27-14)9-21-15(23)12(20)10-7-5-4-6-8-10;/h4-8,11-12,17H,9,20H2,1-3H3,(H,21,23)(H,25,26);/q;+1/p-1/t11-,12+,17+;/m0./s1. The summed E-state index contributed by atoms with van der Waals surface area (Å²) in [6, 6.07) is 8.01. The molecule has 1 saturated heterocycles. The largest absolute Gasteiger partial charge is 1.00 e. The normalized spacial score (nSPS) is 21.9. The van der Waals surface area contributed by atoms with E-state index in [0.29, 0.717) is 5.56 Å². The maximum atomic E-state index is 12.4. The minimum absolute atomic E-state index is 0. The smallest absolute Gasteiger partial charge is 0.543 e. The van der Waals surface area contributed by atoms with Gasteiger partial charge in [0.15, 0.2) is 6.23 Å². The van der Waals surface area contributed by atoms with Gasteiger partial charge in [0.05, 0.1) is 5.97 Å². The fourth-order valence-electron chi connectivity index (χ4n) is 3.23. The van der Waals surface area contributed by atoms with Crippen molar-refractivity contribution >= 4 is 17.8 Å². The minimum atomic E-state index is -1.45. The Morgan fingerprint density at radius 1 is 1.29 bits per heavy atom. The van der Waals surface area contributed by atoms with Crippen LogP contribution in [0.15, 0.2) is 41.8 Å². The van der Waals surface area contributed by atoms with Gasteiger partial charge in [-0.2, -0.15) is 0 Å². The van der Waals surface area contributed by atoms with Gasteiger partial charge < -0.3 is 25.7 Å². The Labute approximate surface area is 185 Å². The van der Waals surface area contributed by atoms with E-state index in [1.807, 2.05) is 6.07 Å². The van der Waals surface area contributed by atoms with E-state index in [-0.39, 0.29) is 47.6 Å². The van der Waals surface area contributed by atoms with Crippen molar-refractivity contribution in [3.8, 4) is 0 Å². The quantitative estimate of drug-likeness (QED) is 0.396. The number of allylic oxidation sites excluding steroid dienone is 1. The van der Waals surface area contributed by atoms with Crippen LogP contribution in [-0.2, 0) is 19.1 Å². The van der Waals surface area contributed by atoms with Crippen LogP contribution in [0, 0.1) is 11.3 Å². The van der Waals surface area contributed by atoms with Gasteiger partial charge in [-0.3, -0.25) is 14.5 Å². The molecule has 144 valence electrons. The first kappa shape index (κ1) is 22.4. The number of hydrogen-bond donors (Lipinski definition) is 2. The summed E-state index contributed by atoms with van der Waals surface area (Å²) < 4.78 is 5.74. The molecule has 1 aromatic carbocycles. The van der Waals surface area contributed by atoms with Gasteiger partial charge in [0, 0.05) is 12.0 Å². The first-order valence-corrected chi connectivity index (χ1v) is 8.67. The van der Waals surface area contributed by atoms with E-state index in [9.17, 15) is 19.5 Å². The summed E-state index contributed by atoms with van der Waals surface area (Å²) in [6.07, 6.45) is -0.757.